The van der Waals surface area contributed by atoms with Crippen LogP contribution in [0.25, 0.3) is 0 Å². The van der Waals surface area contributed by atoms with Crippen LogP contribution in [0, 0.1) is 5.41 Å². The molecule has 0 amide bonds. The molecule has 2 N–H and O–H groups in total. The number of halogens is 1. The predicted molar refractivity (Wildman–Crippen MR) is 140 cm³/mol. The molecule has 1 fully saturated rings. The fraction of sp³-hybridized carbons (Fsp3) is 0.480. The molecule has 0 radical (unpaired) electrons. The molecule has 1 heterocycles. The van der Waals surface area contributed by atoms with Crippen molar-refractivity contribution in [1.29, 1.82) is 0 Å². The summed E-state index contributed by atoms with van der Waals surface area (Å²) in [6.45, 7) is 11.5. The van der Waals surface area contributed by atoms with Gasteiger partial charge in [-0.15, -0.1) is 24.0 Å². The highest BCUT2D eigenvalue weighted by atomic mass is 127. The van der Waals surface area contributed by atoms with E-state index in [1.165, 1.54) is 11.1 Å². The Balaban J connectivity index is 0.00000341. The summed E-state index contributed by atoms with van der Waals surface area (Å²) in [5.41, 5.74) is 2.91. The Morgan fingerprint density at radius 3 is 2.03 bits per heavy atom. The van der Waals surface area contributed by atoms with E-state index in [2.05, 4.69) is 90.0 Å². The average Bonchev–Trinajstić information content (AvgIpc) is 2.75. The Hall–Kier alpha value is -1.64. The molecule has 1 saturated heterocycles. The highest BCUT2D eigenvalue weighted by molar-refractivity contribution is 14.0. The van der Waals surface area contributed by atoms with Gasteiger partial charge >= 0.3 is 0 Å². The summed E-state index contributed by atoms with van der Waals surface area (Å²) in [5.74, 6) is 0.906. The summed E-state index contributed by atoms with van der Waals surface area (Å²) in [6.07, 6.45) is 1.06. The first kappa shape index (κ1) is 25.6. The number of aliphatic imine (C=N–C) groups is 1. The molecule has 0 atom stereocenters. The zero-order chi connectivity index (χ0) is 21.1. The second-order valence-corrected chi connectivity index (χ2v) is 8.46. The summed E-state index contributed by atoms with van der Waals surface area (Å²) in [6, 6.07) is 21.4. The number of rotatable bonds is 11. The molecule has 2 aromatic carbocycles. The van der Waals surface area contributed by atoms with Gasteiger partial charge < -0.3 is 15.4 Å². The first-order valence-corrected chi connectivity index (χ1v) is 11.1. The normalized spacial score (nSPS) is 15.1. The van der Waals surface area contributed by atoms with Crippen LogP contribution in [0.3, 0.4) is 0 Å². The Bertz CT molecular complexity index is 724. The van der Waals surface area contributed by atoms with E-state index in [9.17, 15) is 0 Å². The highest BCUT2D eigenvalue weighted by Gasteiger charge is 2.33. The van der Waals surface area contributed by atoms with Crippen LogP contribution in [0.5, 0.6) is 0 Å². The van der Waals surface area contributed by atoms with Crippen molar-refractivity contribution >= 4 is 29.9 Å². The second kappa shape index (κ2) is 13.7. The predicted octanol–water partition coefficient (Wildman–Crippen LogP) is 4.29. The zero-order valence-electron chi connectivity index (χ0n) is 18.8. The van der Waals surface area contributed by atoms with Gasteiger partial charge in [0.2, 0.25) is 0 Å². The third kappa shape index (κ3) is 9.17. The summed E-state index contributed by atoms with van der Waals surface area (Å²) in [4.78, 5) is 7.28. The molecule has 0 unspecified atom stereocenters. The van der Waals surface area contributed by atoms with Gasteiger partial charge in [0.25, 0.3) is 0 Å². The molecule has 0 bridgehead atoms. The zero-order valence-corrected chi connectivity index (χ0v) is 21.2. The molecule has 6 heteroatoms. The minimum atomic E-state index is 0. The van der Waals surface area contributed by atoms with Gasteiger partial charge in [0.15, 0.2) is 5.96 Å². The number of hydrogen-bond acceptors (Lipinski definition) is 3. The van der Waals surface area contributed by atoms with Gasteiger partial charge in [0.05, 0.1) is 19.8 Å². The molecule has 0 spiro atoms. The van der Waals surface area contributed by atoms with Crippen LogP contribution in [-0.4, -0.2) is 50.3 Å². The van der Waals surface area contributed by atoms with Crippen LogP contribution in [0.15, 0.2) is 65.7 Å². The Labute approximate surface area is 204 Å². The number of guanidine groups is 1. The van der Waals surface area contributed by atoms with Crippen LogP contribution < -0.4 is 10.6 Å². The van der Waals surface area contributed by atoms with E-state index in [4.69, 9.17) is 9.73 Å². The van der Waals surface area contributed by atoms with Crippen molar-refractivity contribution in [3.8, 4) is 0 Å². The molecule has 1 aliphatic heterocycles. The van der Waals surface area contributed by atoms with Gasteiger partial charge in [-0.2, -0.15) is 0 Å². The van der Waals surface area contributed by atoms with Crippen LogP contribution in [-0.2, 0) is 17.8 Å². The SMILES string of the molecule is CCNC(=NCC1(C)COC1)NCCCN(Cc1ccccc1)Cc1ccccc1.I. The largest absolute Gasteiger partial charge is 0.380 e. The lowest BCUT2D eigenvalue weighted by Crippen LogP contribution is -2.44. The third-order valence-electron chi connectivity index (χ3n) is 5.31. The highest BCUT2D eigenvalue weighted by Crippen LogP contribution is 2.26. The maximum absolute atomic E-state index is 5.34. The number of nitrogens with zero attached hydrogens (tertiary/aromatic N) is 2. The molecule has 1 aliphatic rings. The van der Waals surface area contributed by atoms with E-state index in [0.29, 0.717) is 0 Å². The third-order valence-corrected chi connectivity index (χ3v) is 5.31. The van der Waals surface area contributed by atoms with Crippen molar-refractivity contribution in [2.45, 2.75) is 33.4 Å². The van der Waals surface area contributed by atoms with Crippen molar-refractivity contribution in [2.24, 2.45) is 10.4 Å². The van der Waals surface area contributed by atoms with Crippen molar-refractivity contribution in [1.82, 2.24) is 15.5 Å². The van der Waals surface area contributed by atoms with Crippen molar-refractivity contribution in [3.63, 3.8) is 0 Å². The van der Waals surface area contributed by atoms with Crippen LogP contribution in [0.4, 0.5) is 0 Å². The fourth-order valence-electron chi connectivity index (χ4n) is 3.56. The molecule has 31 heavy (non-hydrogen) atoms. The van der Waals surface area contributed by atoms with E-state index in [1.807, 2.05) is 0 Å². The minimum Gasteiger partial charge on any atom is -0.380 e. The van der Waals surface area contributed by atoms with Gasteiger partial charge in [-0.25, -0.2) is 0 Å². The van der Waals surface area contributed by atoms with E-state index in [0.717, 1.165) is 64.9 Å². The maximum Gasteiger partial charge on any atom is 0.191 e. The number of benzene rings is 2. The Morgan fingerprint density at radius 2 is 1.55 bits per heavy atom. The molecule has 0 saturated carbocycles. The van der Waals surface area contributed by atoms with Gasteiger partial charge in [0, 0.05) is 38.1 Å². The first-order valence-electron chi connectivity index (χ1n) is 11.1. The van der Waals surface area contributed by atoms with E-state index in [1.54, 1.807) is 0 Å². The summed E-state index contributed by atoms with van der Waals surface area (Å²) >= 11 is 0. The quantitative estimate of drug-likeness (QED) is 0.195. The van der Waals surface area contributed by atoms with Crippen LogP contribution >= 0.6 is 24.0 Å². The summed E-state index contributed by atoms with van der Waals surface area (Å²) in [5, 5.41) is 6.85. The molecule has 0 aromatic heterocycles. The first-order chi connectivity index (χ1) is 14.7. The fourth-order valence-corrected chi connectivity index (χ4v) is 3.56. The van der Waals surface area contributed by atoms with E-state index in [-0.39, 0.29) is 29.4 Å². The average molecular weight is 537 g/mol. The van der Waals surface area contributed by atoms with Crippen molar-refractivity contribution < 1.29 is 4.74 Å². The van der Waals surface area contributed by atoms with Gasteiger partial charge in [0.1, 0.15) is 0 Å². The number of ether oxygens (including phenoxy) is 1. The summed E-state index contributed by atoms with van der Waals surface area (Å²) in [7, 11) is 0. The lowest BCUT2D eigenvalue weighted by Gasteiger charge is -2.36. The molecule has 170 valence electrons. The van der Waals surface area contributed by atoms with Gasteiger partial charge in [-0.05, 0) is 24.5 Å². The van der Waals surface area contributed by atoms with Gasteiger partial charge in [-0.1, -0.05) is 67.6 Å². The lowest BCUT2D eigenvalue weighted by molar-refractivity contribution is -0.0945. The minimum absolute atomic E-state index is 0. The smallest absolute Gasteiger partial charge is 0.191 e. The lowest BCUT2D eigenvalue weighted by atomic mass is 9.89. The standard InChI is InChI=1S/C25H36N4O.HI/c1-3-26-24(28-19-25(2)20-30-21-25)27-15-10-16-29(17-22-11-6-4-7-12-22)18-23-13-8-5-9-14-23;/h4-9,11-14H,3,10,15-21H2,1-2H3,(H2,26,27,28);1H. The topological polar surface area (TPSA) is 48.9 Å². The molecule has 5 nitrogen and oxygen atoms in total. The molecule has 0 aliphatic carbocycles. The monoisotopic (exact) mass is 536 g/mol. The molecular weight excluding hydrogens is 499 g/mol. The van der Waals surface area contributed by atoms with Crippen LogP contribution in [0.2, 0.25) is 0 Å². The van der Waals surface area contributed by atoms with Gasteiger partial charge in [-0.3, -0.25) is 9.89 Å². The Kier molecular flexibility index (Phi) is 11.3. The number of nitrogens with one attached hydrogen (secondary N) is 2. The molecule has 2 aromatic rings. The number of hydrogen-bond donors (Lipinski definition) is 2. The van der Waals surface area contributed by atoms with E-state index < -0.39 is 0 Å². The molecular formula is C25H37IN4O. The van der Waals surface area contributed by atoms with Crippen LogP contribution in [0.1, 0.15) is 31.4 Å². The van der Waals surface area contributed by atoms with Crippen molar-refractivity contribution in [2.75, 3.05) is 39.4 Å². The maximum atomic E-state index is 5.34. The van der Waals surface area contributed by atoms with E-state index >= 15 is 0 Å². The second-order valence-electron chi connectivity index (χ2n) is 8.46. The molecule has 3 rings (SSSR count). The van der Waals surface area contributed by atoms with Crippen molar-refractivity contribution in [3.05, 3.63) is 71.8 Å². The Morgan fingerprint density at radius 1 is 0.968 bits per heavy atom. The summed E-state index contributed by atoms with van der Waals surface area (Å²) < 4.78 is 5.34.